The van der Waals surface area contributed by atoms with Crippen molar-refractivity contribution in [1.29, 1.82) is 0 Å². The van der Waals surface area contributed by atoms with Crippen LogP contribution in [0.15, 0.2) is 23.1 Å². The monoisotopic (exact) mass is 374 g/mol. The molecule has 0 radical (unpaired) electrons. The molecule has 3 rings (SSSR count). The maximum Gasteiger partial charge on any atom is 0.233 e. The summed E-state index contributed by atoms with van der Waals surface area (Å²) in [6.07, 6.45) is 1.96. The van der Waals surface area contributed by atoms with Crippen LogP contribution in [0.25, 0.3) is 0 Å². The number of hydrogen-bond donors (Lipinski definition) is 2. The Labute approximate surface area is 148 Å². The molecule has 1 amide bonds. The molecule has 1 aromatic rings. The number of aryl methyl sites for hydroxylation is 1. The Morgan fingerprint density at radius 3 is 2.71 bits per heavy atom. The van der Waals surface area contributed by atoms with Crippen LogP contribution < -0.4 is 10.6 Å². The molecule has 2 N–H and O–H groups in total. The third kappa shape index (κ3) is 3.59. The first-order valence-corrected chi connectivity index (χ1v) is 9.49. The highest BCUT2D eigenvalue weighted by Gasteiger charge is 2.40. The predicted octanol–water partition coefficient (Wildman–Crippen LogP) is 1.39. The first kappa shape index (κ1) is 19.2. The van der Waals surface area contributed by atoms with Crippen molar-refractivity contribution in [2.24, 2.45) is 5.41 Å². The third-order valence-electron chi connectivity index (χ3n) is 4.76. The van der Waals surface area contributed by atoms with Gasteiger partial charge in [-0.1, -0.05) is 6.07 Å². The average Bonchev–Trinajstić information content (AvgIpc) is 2.84. The van der Waals surface area contributed by atoms with Crippen LogP contribution in [0.2, 0.25) is 0 Å². The van der Waals surface area contributed by atoms with Crippen LogP contribution >= 0.6 is 12.4 Å². The second kappa shape index (κ2) is 7.39. The number of carbonyl (C=O) groups excluding carboxylic acids is 1. The number of amides is 1. The van der Waals surface area contributed by atoms with Gasteiger partial charge in [0.1, 0.15) is 0 Å². The first-order chi connectivity index (χ1) is 11.0. The van der Waals surface area contributed by atoms with Crippen molar-refractivity contribution in [3.05, 3.63) is 23.8 Å². The normalized spacial score (nSPS) is 20.7. The van der Waals surface area contributed by atoms with Gasteiger partial charge in [0.25, 0.3) is 0 Å². The van der Waals surface area contributed by atoms with Crippen LogP contribution in [0.5, 0.6) is 0 Å². The standard InChI is InChI=1S/C16H22N2O4S.ClH/c1-22-11-16(5-7-17-8-6-16)15(19)18-13-3-2-12-4-9-23(20,21)14(12)10-13;/h2-3,10,17H,4-9,11H2,1H3,(H,18,19);1H. The predicted molar refractivity (Wildman–Crippen MR) is 94.5 cm³/mol. The van der Waals surface area contributed by atoms with E-state index >= 15 is 0 Å². The van der Waals surface area contributed by atoms with E-state index in [4.69, 9.17) is 4.74 Å². The number of ether oxygens (including phenoxy) is 1. The zero-order chi connectivity index (χ0) is 16.5. The van der Waals surface area contributed by atoms with E-state index in [0.717, 1.165) is 18.7 Å². The second-order valence-electron chi connectivity index (χ2n) is 6.31. The van der Waals surface area contributed by atoms with Crippen LogP contribution in [0.3, 0.4) is 0 Å². The van der Waals surface area contributed by atoms with Crippen molar-refractivity contribution in [2.45, 2.75) is 24.2 Å². The molecule has 0 bridgehead atoms. The largest absolute Gasteiger partial charge is 0.384 e. The van der Waals surface area contributed by atoms with Gasteiger partial charge in [-0.3, -0.25) is 4.79 Å². The van der Waals surface area contributed by atoms with Crippen molar-refractivity contribution < 1.29 is 17.9 Å². The van der Waals surface area contributed by atoms with E-state index < -0.39 is 15.3 Å². The highest BCUT2D eigenvalue weighted by molar-refractivity contribution is 7.91. The Bertz CT molecular complexity index is 709. The summed E-state index contributed by atoms with van der Waals surface area (Å²) in [6, 6.07) is 5.15. The number of rotatable bonds is 4. The number of anilines is 1. The minimum absolute atomic E-state index is 0. The molecule has 1 saturated heterocycles. The van der Waals surface area contributed by atoms with Gasteiger partial charge in [-0.05, 0) is 50.0 Å². The number of methoxy groups -OCH3 is 1. The lowest BCUT2D eigenvalue weighted by molar-refractivity contribution is -0.130. The minimum Gasteiger partial charge on any atom is -0.384 e. The number of piperidine rings is 1. The summed E-state index contributed by atoms with van der Waals surface area (Å²) in [5.41, 5.74) is 0.808. The third-order valence-corrected chi connectivity index (χ3v) is 6.55. The van der Waals surface area contributed by atoms with Crippen molar-refractivity contribution in [3.8, 4) is 0 Å². The van der Waals surface area contributed by atoms with Crippen LogP contribution in [-0.2, 0) is 25.8 Å². The maximum atomic E-state index is 12.8. The summed E-state index contributed by atoms with van der Waals surface area (Å²) in [6.45, 7) is 1.91. The molecule has 0 saturated carbocycles. The van der Waals surface area contributed by atoms with Crippen molar-refractivity contribution in [3.63, 3.8) is 0 Å². The van der Waals surface area contributed by atoms with Crippen LogP contribution in [0.1, 0.15) is 18.4 Å². The second-order valence-corrected chi connectivity index (χ2v) is 8.39. The van der Waals surface area contributed by atoms with Gasteiger partial charge in [0, 0.05) is 12.8 Å². The molecular formula is C16H23ClN2O4S. The van der Waals surface area contributed by atoms with Gasteiger partial charge < -0.3 is 15.4 Å². The fraction of sp³-hybridized carbons (Fsp3) is 0.562. The Balaban J connectivity index is 0.00000208. The lowest BCUT2D eigenvalue weighted by Gasteiger charge is -2.35. The highest BCUT2D eigenvalue weighted by Crippen LogP contribution is 2.33. The molecular weight excluding hydrogens is 352 g/mol. The summed E-state index contributed by atoms with van der Waals surface area (Å²) in [7, 11) is -1.60. The molecule has 2 aliphatic rings. The molecule has 0 aromatic heterocycles. The van der Waals surface area contributed by atoms with Crippen molar-refractivity contribution >= 4 is 33.8 Å². The van der Waals surface area contributed by atoms with Gasteiger partial charge in [-0.25, -0.2) is 8.42 Å². The van der Waals surface area contributed by atoms with E-state index in [1.54, 1.807) is 25.3 Å². The van der Waals surface area contributed by atoms with Gasteiger partial charge >= 0.3 is 0 Å². The molecule has 24 heavy (non-hydrogen) atoms. The van der Waals surface area contributed by atoms with E-state index in [0.29, 0.717) is 36.5 Å². The van der Waals surface area contributed by atoms with Gasteiger partial charge in [0.05, 0.1) is 22.7 Å². The lowest BCUT2D eigenvalue weighted by Crippen LogP contribution is -2.47. The van der Waals surface area contributed by atoms with Gasteiger partial charge in [0.2, 0.25) is 5.91 Å². The molecule has 8 heteroatoms. The van der Waals surface area contributed by atoms with Crippen molar-refractivity contribution in [1.82, 2.24) is 5.32 Å². The van der Waals surface area contributed by atoms with Gasteiger partial charge in [0.15, 0.2) is 9.84 Å². The number of sulfone groups is 1. The van der Waals surface area contributed by atoms with Gasteiger partial charge in [-0.15, -0.1) is 12.4 Å². The number of nitrogens with one attached hydrogen (secondary N) is 2. The van der Waals surface area contributed by atoms with E-state index in [1.807, 2.05) is 0 Å². The topological polar surface area (TPSA) is 84.5 Å². The molecule has 0 atom stereocenters. The number of carbonyl (C=O) groups is 1. The molecule has 134 valence electrons. The number of fused-ring (bicyclic) bond motifs is 1. The summed E-state index contributed by atoms with van der Waals surface area (Å²) < 4.78 is 29.3. The zero-order valence-corrected chi connectivity index (χ0v) is 15.3. The Morgan fingerprint density at radius 2 is 2.04 bits per heavy atom. The number of halogens is 1. The molecule has 0 unspecified atom stereocenters. The maximum absolute atomic E-state index is 12.8. The molecule has 6 nitrogen and oxygen atoms in total. The molecule has 0 aliphatic carbocycles. The fourth-order valence-electron chi connectivity index (χ4n) is 3.36. The van der Waals surface area contributed by atoms with E-state index in [-0.39, 0.29) is 24.1 Å². The smallest absolute Gasteiger partial charge is 0.233 e. The zero-order valence-electron chi connectivity index (χ0n) is 13.6. The quantitative estimate of drug-likeness (QED) is 0.832. The SMILES string of the molecule is COCC1(C(=O)Nc2ccc3c(c2)S(=O)(=O)CC3)CCNCC1.Cl. The summed E-state index contributed by atoms with van der Waals surface area (Å²) in [4.78, 5) is 13.1. The number of hydrogen-bond acceptors (Lipinski definition) is 5. The number of benzene rings is 1. The molecule has 2 heterocycles. The summed E-state index contributed by atoms with van der Waals surface area (Å²) >= 11 is 0. The summed E-state index contributed by atoms with van der Waals surface area (Å²) in [5.74, 6) is 0.0511. The van der Waals surface area contributed by atoms with Crippen LogP contribution in [-0.4, -0.2) is 46.9 Å². The first-order valence-electron chi connectivity index (χ1n) is 7.84. The Hall–Kier alpha value is -1.15. The molecule has 1 fully saturated rings. The Morgan fingerprint density at radius 1 is 1.33 bits per heavy atom. The van der Waals surface area contributed by atoms with Gasteiger partial charge in [-0.2, -0.15) is 0 Å². The van der Waals surface area contributed by atoms with E-state index in [1.165, 1.54) is 0 Å². The highest BCUT2D eigenvalue weighted by atomic mass is 35.5. The van der Waals surface area contributed by atoms with Crippen LogP contribution in [0.4, 0.5) is 5.69 Å². The van der Waals surface area contributed by atoms with Crippen molar-refractivity contribution in [2.75, 3.05) is 37.9 Å². The summed E-state index contributed by atoms with van der Waals surface area (Å²) in [5, 5.41) is 6.14. The fourth-order valence-corrected chi connectivity index (χ4v) is 4.95. The molecule has 0 spiro atoms. The Kier molecular flexibility index (Phi) is 5.91. The average molecular weight is 375 g/mol. The molecule has 2 aliphatic heterocycles. The lowest BCUT2D eigenvalue weighted by atomic mass is 9.78. The molecule has 1 aromatic carbocycles. The van der Waals surface area contributed by atoms with E-state index in [9.17, 15) is 13.2 Å². The van der Waals surface area contributed by atoms with E-state index in [2.05, 4.69) is 10.6 Å². The minimum atomic E-state index is -3.20. The van der Waals surface area contributed by atoms with Crippen LogP contribution in [0, 0.1) is 5.41 Å².